The van der Waals surface area contributed by atoms with Crippen molar-refractivity contribution in [3.8, 4) is 5.69 Å². The standard InChI is InChI=1S/C15H14N4O2S/c1-10-5-12(19-8-16-7-18-19)3-4-13(10)15(20)21-6-14-11(2)17-9-22-14/h3-5,7-9H,6H2,1-2H3. The third-order valence-electron chi connectivity index (χ3n) is 3.29. The average Bonchev–Trinajstić information content (AvgIpc) is 3.16. The maximum Gasteiger partial charge on any atom is 0.338 e. The molecule has 0 saturated heterocycles. The van der Waals surface area contributed by atoms with E-state index in [1.54, 1.807) is 22.6 Å². The molecule has 7 heteroatoms. The quantitative estimate of drug-likeness (QED) is 0.692. The van der Waals surface area contributed by atoms with Crippen molar-refractivity contribution in [2.75, 3.05) is 0 Å². The molecule has 0 N–H and O–H groups in total. The van der Waals surface area contributed by atoms with E-state index in [9.17, 15) is 4.79 Å². The lowest BCUT2D eigenvalue weighted by molar-refractivity contribution is 0.0475. The highest BCUT2D eigenvalue weighted by molar-refractivity contribution is 7.09. The number of thiazole rings is 1. The van der Waals surface area contributed by atoms with Crippen LogP contribution in [0.3, 0.4) is 0 Å². The number of aromatic nitrogens is 4. The van der Waals surface area contributed by atoms with Crippen LogP contribution in [0.5, 0.6) is 0 Å². The zero-order valence-electron chi connectivity index (χ0n) is 12.2. The Morgan fingerprint density at radius 1 is 1.36 bits per heavy atom. The molecule has 1 aromatic carbocycles. The van der Waals surface area contributed by atoms with Gasteiger partial charge in [0.15, 0.2) is 0 Å². The third-order valence-corrected chi connectivity index (χ3v) is 4.20. The lowest BCUT2D eigenvalue weighted by Crippen LogP contribution is -2.08. The molecule has 0 aliphatic rings. The van der Waals surface area contributed by atoms with E-state index in [0.29, 0.717) is 5.56 Å². The predicted molar refractivity (Wildman–Crippen MR) is 82.1 cm³/mol. The molecule has 0 unspecified atom stereocenters. The molecule has 0 saturated carbocycles. The maximum atomic E-state index is 12.2. The summed E-state index contributed by atoms with van der Waals surface area (Å²) in [5.41, 5.74) is 4.88. The van der Waals surface area contributed by atoms with Gasteiger partial charge in [-0.3, -0.25) is 0 Å². The Labute approximate surface area is 131 Å². The molecule has 0 spiro atoms. The molecule has 112 valence electrons. The Hall–Kier alpha value is -2.54. The van der Waals surface area contributed by atoms with E-state index in [0.717, 1.165) is 21.8 Å². The summed E-state index contributed by atoms with van der Waals surface area (Å²) in [5.74, 6) is -0.338. The minimum absolute atomic E-state index is 0.250. The van der Waals surface area contributed by atoms with Gasteiger partial charge < -0.3 is 4.74 Å². The molecule has 0 atom stereocenters. The summed E-state index contributed by atoms with van der Waals surface area (Å²) in [6.07, 6.45) is 3.08. The van der Waals surface area contributed by atoms with Crippen molar-refractivity contribution in [1.29, 1.82) is 0 Å². The van der Waals surface area contributed by atoms with Gasteiger partial charge in [0, 0.05) is 0 Å². The first-order valence-electron chi connectivity index (χ1n) is 6.67. The number of nitrogens with zero attached hydrogens (tertiary/aromatic N) is 4. The number of hydrogen-bond acceptors (Lipinski definition) is 6. The van der Waals surface area contributed by atoms with Crippen LogP contribution in [0, 0.1) is 13.8 Å². The normalized spacial score (nSPS) is 10.6. The fourth-order valence-corrected chi connectivity index (χ4v) is 2.72. The predicted octanol–water partition coefficient (Wildman–Crippen LogP) is 2.70. The molecule has 0 bridgehead atoms. The molecule has 0 aliphatic heterocycles. The molecule has 2 heterocycles. The van der Waals surface area contributed by atoms with E-state index >= 15 is 0 Å². The first kappa shape index (κ1) is 14.4. The average molecular weight is 314 g/mol. The zero-order valence-corrected chi connectivity index (χ0v) is 13.0. The van der Waals surface area contributed by atoms with Gasteiger partial charge in [-0.25, -0.2) is 19.4 Å². The third kappa shape index (κ3) is 2.89. The fraction of sp³-hybridized carbons (Fsp3) is 0.200. The minimum atomic E-state index is -0.338. The van der Waals surface area contributed by atoms with Crippen LogP contribution in [0.25, 0.3) is 5.69 Å². The molecular formula is C15H14N4O2S. The highest BCUT2D eigenvalue weighted by atomic mass is 32.1. The van der Waals surface area contributed by atoms with Crippen molar-refractivity contribution in [3.63, 3.8) is 0 Å². The molecular weight excluding hydrogens is 300 g/mol. The molecule has 6 nitrogen and oxygen atoms in total. The van der Waals surface area contributed by atoms with Crippen molar-refractivity contribution >= 4 is 17.3 Å². The molecule has 0 fully saturated rings. The Kier molecular flexibility index (Phi) is 3.97. The summed E-state index contributed by atoms with van der Waals surface area (Å²) in [6, 6.07) is 5.44. The van der Waals surface area contributed by atoms with Gasteiger partial charge in [-0.05, 0) is 37.6 Å². The van der Waals surface area contributed by atoms with Crippen LogP contribution >= 0.6 is 11.3 Å². The number of aryl methyl sites for hydroxylation is 2. The molecule has 3 aromatic rings. The van der Waals surface area contributed by atoms with Gasteiger partial charge in [0.25, 0.3) is 0 Å². The number of esters is 1. The Balaban J connectivity index is 1.74. The van der Waals surface area contributed by atoms with Crippen LogP contribution in [0.4, 0.5) is 0 Å². The van der Waals surface area contributed by atoms with Gasteiger partial charge in [0.1, 0.15) is 19.3 Å². The largest absolute Gasteiger partial charge is 0.456 e. The molecule has 0 radical (unpaired) electrons. The minimum Gasteiger partial charge on any atom is -0.456 e. The molecule has 2 aromatic heterocycles. The maximum absolute atomic E-state index is 12.2. The van der Waals surface area contributed by atoms with Crippen molar-refractivity contribution in [1.82, 2.24) is 19.7 Å². The number of hydrogen-bond donors (Lipinski definition) is 0. The van der Waals surface area contributed by atoms with Crippen molar-refractivity contribution < 1.29 is 9.53 Å². The van der Waals surface area contributed by atoms with Gasteiger partial charge in [0.2, 0.25) is 0 Å². The van der Waals surface area contributed by atoms with E-state index in [1.807, 2.05) is 26.0 Å². The van der Waals surface area contributed by atoms with E-state index in [2.05, 4.69) is 15.1 Å². The molecule has 3 rings (SSSR count). The number of ether oxygens (including phenoxy) is 1. The number of carbonyl (C=O) groups excluding carboxylic acids is 1. The van der Waals surface area contributed by atoms with Gasteiger partial charge in [0.05, 0.1) is 27.3 Å². The zero-order chi connectivity index (χ0) is 15.5. The van der Waals surface area contributed by atoms with Gasteiger partial charge in [-0.15, -0.1) is 11.3 Å². The Morgan fingerprint density at radius 2 is 2.23 bits per heavy atom. The lowest BCUT2D eigenvalue weighted by atomic mass is 10.1. The number of rotatable bonds is 4. The molecule has 0 aliphatic carbocycles. The summed E-state index contributed by atoms with van der Waals surface area (Å²) in [5, 5.41) is 4.07. The Morgan fingerprint density at radius 3 is 2.86 bits per heavy atom. The topological polar surface area (TPSA) is 69.9 Å². The summed E-state index contributed by atoms with van der Waals surface area (Å²) < 4.78 is 7.00. The monoisotopic (exact) mass is 314 g/mol. The van der Waals surface area contributed by atoms with Gasteiger partial charge >= 0.3 is 5.97 Å². The van der Waals surface area contributed by atoms with Crippen molar-refractivity contribution in [2.45, 2.75) is 20.5 Å². The van der Waals surface area contributed by atoms with Gasteiger partial charge in [-0.2, -0.15) is 5.10 Å². The summed E-state index contributed by atoms with van der Waals surface area (Å²) in [7, 11) is 0. The first-order chi connectivity index (χ1) is 10.6. The fourth-order valence-electron chi connectivity index (χ4n) is 2.03. The van der Waals surface area contributed by atoms with Crippen LogP contribution in [-0.4, -0.2) is 25.7 Å². The SMILES string of the molecule is Cc1cc(-n2cncn2)ccc1C(=O)OCc1scnc1C. The second-order valence-corrected chi connectivity index (χ2v) is 5.72. The van der Waals surface area contributed by atoms with Crippen LogP contribution in [0.2, 0.25) is 0 Å². The molecule has 22 heavy (non-hydrogen) atoms. The first-order valence-corrected chi connectivity index (χ1v) is 7.55. The number of benzene rings is 1. The number of carbonyl (C=O) groups is 1. The van der Waals surface area contributed by atoms with E-state index in [1.165, 1.54) is 17.7 Å². The van der Waals surface area contributed by atoms with Crippen molar-refractivity contribution in [2.24, 2.45) is 0 Å². The highest BCUT2D eigenvalue weighted by Crippen LogP contribution is 2.17. The highest BCUT2D eigenvalue weighted by Gasteiger charge is 2.13. The van der Waals surface area contributed by atoms with Crippen LogP contribution in [-0.2, 0) is 11.3 Å². The second kappa shape index (κ2) is 6.07. The Bertz CT molecular complexity index is 796. The summed E-state index contributed by atoms with van der Waals surface area (Å²) in [4.78, 5) is 21.2. The van der Waals surface area contributed by atoms with Crippen LogP contribution in [0.15, 0.2) is 36.4 Å². The van der Waals surface area contributed by atoms with Gasteiger partial charge in [-0.1, -0.05) is 0 Å². The smallest absolute Gasteiger partial charge is 0.338 e. The summed E-state index contributed by atoms with van der Waals surface area (Å²) in [6.45, 7) is 4.02. The lowest BCUT2D eigenvalue weighted by Gasteiger charge is -2.08. The van der Waals surface area contributed by atoms with E-state index in [4.69, 9.17) is 4.74 Å². The summed E-state index contributed by atoms with van der Waals surface area (Å²) >= 11 is 1.48. The van der Waals surface area contributed by atoms with Crippen LogP contribution in [0.1, 0.15) is 26.5 Å². The second-order valence-electron chi connectivity index (χ2n) is 4.78. The van der Waals surface area contributed by atoms with Crippen molar-refractivity contribution in [3.05, 3.63) is 58.1 Å². The van der Waals surface area contributed by atoms with E-state index < -0.39 is 0 Å². The molecule has 0 amide bonds. The van der Waals surface area contributed by atoms with E-state index in [-0.39, 0.29) is 12.6 Å². The van der Waals surface area contributed by atoms with Crippen LogP contribution < -0.4 is 0 Å².